The summed E-state index contributed by atoms with van der Waals surface area (Å²) in [5.41, 5.74) is 3.72. The van der Waals surface area contributed by atoms with Crippen LogP contribution in [-0.2, 0) is 17.8 Å². The minimum atomic E-state index is -0.102. The normalized spacial score (nSPS) is 10.9. The second-order valence-corrected chi connectivity index (χ2v) is 8.22. The summed E-state index contributed by atoms with van der Waals surface area (Å²) in [5.74, 6) is 1.36. The molecule has 0 unspecified atom stereocenters. The molecule has 0 fully saturated rings. The highest BCUT2D eigenvalue weighted by atomic mass is 35.5. The number of nitrogens with zero attached hydrogens (tertiary/aromatic N) is 2. The van der Waals surface area contributed by atoms with Crippen molar-refractivity contribution >= 4 is 28.4 Å². The van der Waals surface area contributed by atoms with Gasteiger partial charge in [0.15, 0.2) is 11.5 Å². The van der Waals surface area contributed by atoms with E-state index in [1.54, 1.807) is 4.68 Å². The summed E-state index contributed by atoms with van der Waals surface area (Å²) in [6.45, 7) is 5.66. The van der Waals surface area contributed by atoms with Crippen LogP contribution in [0.3, 0.4) is 0 Å². The fraction of sp³-hybridized carbons (Fsp3) is 0.259. The number of halogens is 1. The molecule has 4 rings (SSSR count). The molecule has 6 nitrogen and oxygen atoms in total. The van der Waals surface area contributed by atoms with Crippen molar-refractivity contribution in [3.63, 3.8) is 0 Å². The van der Waals surface area contributed by atoms with E-state index >= 15 is 0 Å². The molecule has 0 bridgehead atoms. The first-order chi connectivity index (χ1) is 16.6. The Morgan fingerprint density at radius 3 is 2.50 bits per heavy atom. The summed E-state index contributed by atoms with van der Waals surface area (Å²) in [7, 11) is 0. The highest BCUT2D eigenvalue weighted by Gasteiger charge is 2.15. The minimum Gasteiger partial charge on any atom is -0.490 e. The molecule has 3 aromatic carbocycles. The van der Waals surface area contributed by atoms with Gasteiger partial charge in [0.2, 0.25) is 5.91 Å². The average molecular weight is 478 g/mol. The SMILES string of the molecule is CCOc1ccc(CCNC(=O)Cn2nc(-c3ccccc3)c3cc(Cl)ccc32)cc1OCC. The van der Waals surface area contributed by atoms with Crippen LogP contribution in [0.4, 0.5) is 0 Å². The Bertz CT molecular complexity index is 1270. The Morgan fingerprint density at radius 1 is 0.971 bits per heavy atom. The van der Waals surface area contributed by atoms with Crippen LogP contribution in [0.25, 0.3) is 22.2 Å². The van der Waals surface area contributed by atoms with E-state index < -0.39 is 0 Å². The lowest BCUT2D eigenvalue weighted by atomic mass is 10.1. The Labute approximate surface area is 204 Å². The first-order valence-corrected chi connectivity index (χ1v) is 11.8. The van der Waals surface area contributed by atoms with Gasteiger partial charge in [0.1, 0.15) is 12.2 Å². The van der Waals surface area contributed by atoms with Gasteiger partial charge < -0.3 is 14.8 Å². The second-order valence-electron chi connectivity index (χ2n) is 7.78. The predicted octanol–water partition coefficient (Wildman–Crippen LogP) is 5.51. The van der Waals surface area contributed by atoms with E-state index in [0.29, 0.717) is 31.2 Å². The van der Waals surface area contributed by atoms with E-state index in [2.05, 4.69) is 5.32 Å². The van der Waals surface area contributed by atoms with Crippen LogP contribution in [-0.4, -0.2) is 35.4 Å². The van der Waals surface area contributed by atoms with E-state index in [-0.39, 0.29) is 12.5 Å². The smallest absolute Gasteiger partial charge is 0.241 e. The quantitative estimate of drug-likeness (QED) is 0.327. The van der Waals surface area contributed by atoms with Crippen molar-refractivity contribution in [2.24, 2.45) is 0 Å². The molecule has 1 heterocycles. The van der Waals surface area contributed by atoms with Crippen LogP contribution in [0.5, 0.6) is 11.5 Å². The fourth-order valence-electron chi connectivity index (χ4n) is 3.87. The minimum absolute atomic E-state index is 0.102. The summed E-state index contributed by atoms with van der Waals surface area (Å²) in [6.07, 6.45) is 0.683. The third-order valence-electron chi connectivity index (χ3n) is 5.40. The van der Waals surface area contributed by atoms with E-state index in [4.69, 9.17) is 26.2 Å². The molecule has 34 heavy (non-hydrogen) atoms. The summed E-state index contributed by atoms with van der Waals surface area (Å²) in [6, 6.07) is 21.4. The van der Waals surface area contributed by atoms with Crippen molar-refractivity contribution in [1.82, 2.24) is 15.1 Å². The molecule has 0 saturated carbocycles. The number of ether oxygens (including phenoxy) is 2. The van der Waals surface area contributed by atoms with Gasteiger partial charge in [0, 0.05) is 22.5 Å². The van der Waals surface area contributed by atoms with Gasteiger partial charge in [-0.05, 0) is 56.2 Å². The highest BCUT2D eigenvalue weighted by Crippen LogP contribution is 2.30. The van der Waals surface area contributed by atoms with Crippen LogP contribution in [0.1, 0.15) is 19.4 Å². The molecule has 0 spiro atoms. The zero-order valence-corrected chi connectivity index (χ0v) is 20.1. The number of benzene rings is 3. The summed E-state index contributed by atoms with van der Waals surface area (Å²) in [4.78, 5) is 12.7. The maximum absolute atomic E-state index is 12.7. The van der Waals surface area contributed by atoms with Crippen LogP contribution in [0.15, 0.2) is 66.7 Å². The zero-order valence-electron chi connectivity index (χ0n) is 19.4. The van der Waals surface area contributed by atoms with Gasteiger partial charge in [0.05, 0.1) is 18.7 Å². The molecule has 0 aliphatic heterocycles. The van der Waals surface area contributed by atoms with Gasteiger partial charge >= 0.3 is 0 Å². The van der Waals surface area contributed by atoms with Gasteiger partial charge in [-0.25, -0.2) is 0 Å². The molecule has 0 aliphatic carbocycles. The Hall–Kier alpha value is -3.51. The molecule has 4 aromatic rings. The molecule has 176 valence electrons. The van der Waals surface area contributed by atoms with Gasteiger partial charge in [0.25, 0.3) is 0 Å². The van der Waals surface area contributed by atoms with E-state index in [1.165, 1.54) is 0 Å². The van der Waals surface area contributed by atoms with E-state index in [9.17, 15) is 4.79 Å². The first kappa shape index (κ1) is 23.6. The Morgan fingerprint density at radius 2 is 1.74 bits per heavy atom. The Balaban J connectivity index is 1.44. The van der Waals surface area contributed by atoms with Crippen molar-refractivity contribution in [3.8, 4) is 22.8 Å². The lowest BCUT2D eigenvalue weighted by molar-refractivity contribution is -0.121. The lowest BCUT2D eigenvalue weighted by Gasteiger charge is -2.12. The zero-order chi connectivity index (χ0) is 23.9. The number of hydrogen-bond acceptors (Lipinski definition) is 4. The number of nitrogens with one attached hydrogen (secondary N) is 1. The molecule has 0 atom stereocenters. The number of carbonyl (C=O) groups is 1. The van der Waals surface area contributed by atoms with Crippen LogP contribution in [0.2, 0.25) is 5.02 Å². The van der Waals surface area contributed by atoms with Gasteiger partial charge in [-0.3, -0.25) is 9.48 Å². The molecule has 0 saturated heterocycles. The van der Waals surface area contributed by atoms with Crippen LogP contribution < -0.4 is 14.8 Å². The number of fused-ring (bicyclic) bond motifs is 1. The molecule has 1 aromatic heterocycles. The van der Waals surface area contributed by atoms with Crippen LogP contribution >= 0.6 is 11.6 Å². The van der Waals surface area contributed by atoms with Gasteiger partial charge in [-0.1, -0.05) is 48.0 Å². The number of aromatic nitrogens is 2. The monoisotopic (exact) mass is 477 g/mol. The third kappa shape index (κ3) is 5.51. The topological polar surface area (TPSA) is 65.4 Å². The maximum atomic E-state index is 12.7. The van der Waals surface area contributed by atoms with Crippen molar-refractivity contribution in [1.29, 1.82) is 0 Å². The molecule has 1 amide bonds. The molecule has 1 N–H and O–H groups in total. The maximum Gasteiger partial charge on any atom is 0.241 e. The fourth-order valence-corrected chi connectivity index (χ4v) is 4.04. The number of amides is 1. The standard InChI is InChI=1S/C27H28ClN3O3/c1-3-33-24-13-10-19(16-25(24)34-4-2)14-15-29-26(32)18-31-23-12-11-21(28)17-22(23)27(30-31)20-8-6-5-7-9-20/h5-13,16-17H,3-4,14-15,18H2,1-2H3,(H,29,32). The van der Waals surface area contributed by atoms with Crippen molar-refractivity contribution < 1.29 is 14.3 Å². The van der Waals surface area contributed by atoms with Crippen molar-refractivity contribution in [2.45, 2.75) is 26.8 Å². The van der Waals surface area contributed by atoms with E-state index in [1.807, 2.05) is 80.6 Å². The van der Waals surface area contributed by atoms with Gasteiger partial charge in [-0.2, -0.15) is 5.10 Å². The number of hydrogen-bond donors (Lipinski definition) is 1. The highest BCUT2D eigenvalue weighted by molar-refractivity contribution is 6.31. The van der Waals surface area contributed by atoms with Crippen molar-refractivity contribution in [3.05, 3.63) is 77.3 Å². The second kappa shape index (κ2) is 11.1. The predicted molar refractivity (Wildman–Crippen MR) is 136 cm³/mol. The third-order valence-corrected chi connectivity index (χ3v) is 5.63. The summed E-state index contributed by atoms with van der Waals surface area (Å²) < 4.78 is 13.0. The summed E-state index contributed by atoms with van der Waals surface area (Å²) in [5, 5.41) is 9.29. The molecule has 7 heteroatoms. The molecular weight excluding hydrogens is 450 g/mol. The molecule has 0 radical (unpaired) electrons. The largest absolute Gasteiger partial charge is 0.490 e. The number of carbonyl (C=O) groups excluding carboxylic acids is 1. The lowest BCUT2D eigenvalue weighted by Crippen LogP contribution is -2.29. The van der Waals surface area contributed by atoms with Crippen molar-refractivity contribution in [2.75, 3.05) is 19.8 Å². The number of rotatable bonds is 10. The molecule has 0 aliphatic rings. The molecular formula is C27H28ClN3O3. The summed E-state index contributed by atoms with van der Waals surface area (Å²) >= 11 is 6.24. The average Bonchev–Trinajstić information content (AvgIpc) is 3.18. The first-order valence-electron chi connectivity index (χ1n) is 11.5. The Kier molecular flexibility index (Phi) is 7.70. The van der Waals surface area contributed by atoms with E-state index in [0.717, 1.165) is 39.2 Å². The van der Waals surface area contributed by atoms with Crippen LogP contribution in [0, 0.1) is 0 Å². The van der Waals surface area contributed by atoms with Gasteiger partial charge in [-0.15, -0.1) is 0 Å².